The molecule has 6 heterocycles. The van der Waals surface area contributed by atoms with Gasteiger partial charge in [-0.3, -0.25) is 0 Å². The second-order valence-corrected chi connectivity index (χ2v) is 30.2. The summed E-state index contributed by atoms with van der Waals surface area (Å²) in [4.78, 5) is 29.9. The predicted octanol–water partition coefficient (Wildman–Crippen LogP) is 27.3. The van der Waals surface area contributed by atoms with Gasteiger partial charge in [0.05, 0.1) is 22.1 Å². The summed E-state index contributed by atoms with van der Waals surface area (Å²) in [5.41, 5.74) is 22.1. The third-order valence-electron chi connectivity index (χ3n) is 21.3. The highest BCUT2D eigenvalue weighted by Gasteiger charge is 2.22. The van der Waals surface area contributed by atoms with Crippen molar-refractivity contribution < 1.29 is 0 Å². The van der Waals surface area contributed by atoms with Crippen molar-refractivity contribution in [2.75, 3.05) is 0 Å². The second kappa shape index (κ2) is 28.0. The van der Waals surface area contributed by atoms with Gasteiger partial charge in [0.2, 0.25) is 0 Å². The van der Waals surface area contributed by atoms with E-state index in [1.54, 1.807) is 0 Å². The highest BCUT2D eigenvalue weighted by Crippen LogP contribution is 2.46. The van der Waals surface area contributed by atoms with E-state index in [1.165, 1.54) is 106 Å². The Hall–Kier alpha value is -14.4. The summed E-state index contributed by atoms with van der Waals surface area (Å²) in [5, 5.41) is 10.1. The van der Waals surface area contributed by atoms with E-state index < -0.39 is 0 Å². The maximum absolute atomic E-state index is 5.07. The van der Waals surface area contributed by atoms with Crippen LogP contribution in [0.25, 0.3) is 208 Å². The molecule has 22 aromatic rings. The monoisotopic (exact) mass is 1460 g/mol. The van der Waals surface area contributed by atoms with E-state index in [-0.39, 0.29) is 0 Å². The molecule has 10 heteroatoms. The van der Waals surface area contributed by atoms with Crippen molar-refractivity contribution >= 4 is 107 Å². The molecule has 6 aromatic heterocycles. The van der Waals surface area contributed by atoms with Gasteiger partial charge in [-0.1, -0.05) is 279 Å². The molecule has 22 rings (SSSR count). The number of fused-ring (bicyclic) bond motifs is 12. The van der Waals surface area contributed by atoms with Crippen molar-refractivity contribution in [3.8, 4) is 124 Å². The zero-order chi connectivity index (χ0) is 74.0. The van der Waals surface area contributed by atoms with Crippen LogP contribution in [0.1, 0.15) is 0 Å². The average molecular weight is 1470 g/mol. The molecule has 0 aliphatic rings. The molecule has 0 aliphatic carbocycles. The van der Waals surface area contributed by atoms with Gasteiger partial charge in [-0.25, -0.2) is 29.9 Å². The molecule has 0 amide bonds. The number of rotatable bonds is 12. The molecule has 16 aromatic carbocycles. The van der Waals surface area contributed by atoms with Gasteiger partial charge in [0.25, 0.3) is 0 Å². The fraction of sp³-hybridized carbons (Fsp3) is 0. The molecule has 0 saturated heterocycles. The van der Waals surface area contributed by atoms with Crippen LogP contribution in [-0.4, -0.2) is 39.0 Å². The molecule has 112 heavy (non-hydrogen) atoms. The van der Waals surface area contributed by atoms with Crippen molar-refractivity contribution in [1.82, 2.24) is 39.0 Å². The van der Waals surface area contributed by atoms with E-state index in [0.717, 1.165) is 66.9 Å². The molecule has 0 bridgehead atoms. The third-order valence-corrected chi connectivity index (χ3v) is 23.8. The van der Waals surface area contributed by atoms with E-state index in [0.29, 0.717) is 34.9 Å². The number of thiophene rings is 2. The maximum Gasteiger partial charge on any atom is 0.164 e. The van der Waals surface area contributed by atoms with Crippen molar-refractivity contribution in [3.63, 3.8) is 0 Å². The highest BCUT2D eigenvalue weighted by atomic mass is 32.1. The summed E-state index contributed by atoms with van der Waals surface area (Å²) in [6.07, 6.45) is 0. The molecule has 0 radical (unpaired) electrons. The van der Waals surface area contributed by atoms with Gasteiger partial charge in [-0.05, 0) is 154 Å². The minimum absolute atomic E-state index is 0.632. The Kier molecular flexibility index (Phi) is 16.4. The van der Waals surface area contributed by atoms with Gasteiger partial charge in [-0.15, -0.1) is 22.7 Å². The first-order chi connectivity index (χ1) is 55.5. The first kappa shape index (κ1) is 65.8. The summed E-state index contributed by atoms with van der Waals surface area (Å²) in [5.74, 6) is 3.85. The van der Waals surface area contributed by atoms with Gasteiger partial charge in [0.1, 0.15) is 0 Å². The van der Waals surface area contributed by atoms with E-state index in [2.05, 4.69) is 300 Å². The normalized spacial score (nSPS) is 11.6. The van der Waals surface area contributed by atoms with Crippen molar-refractivity contribution in [3.05, 3.63) is 388 Å². The third kappa shape index (κ3) is 11.9. The number of nitrogens with zero attached hydrogens (tertiary/aromatic N) is 8. The first-order valence-electron chi connectivity index (χ1n) is 37.5. The molecule has 0 fully saturated rings. The SMILES string of the molecule is c1ccc(-c2ccc3c(c2)c2cc(-c4cccc5c4sc4ccccc45)ccc2n3-c2ccc(-c3nc(-c4ccccc4)nc(-c4ccccc4)n3)cc2)cc1.c1ccc(-c2cccc(-c3nc(-c4ccccc4)nc(-c4ccc(-n5c6ccccc6c6cc(-c7cccc8c7sc7ccccc78)ccc65)cc4)n3)c2)cc1. The lowest BCUT2D eigenvalue weighted by Gasteiger charge is -2.11. The number of hydrogen-bond donors (Lipinski definition) is 0. The van der Waals surface area contributed by atoms with Crippen molar-refractivity contribution in [1.29, 1.82) is 0 Å². The Morgan fingerprint density at radius 3 is 0.875 bits per heavy atom. The molecule has 0 spiro atoms. The largest absolute Gasteiger partial charge is 0.309 e. The molecular formula is C102H64N8S2. The van der Waals surface area contributed by atoms with Gasteiger partial charge >= 0.3 is 0 Å². The molecule has 0 N–H and O–H groups in total. The van der Waals surface area contributed by atoms with Crippen LogP contribution in [-0.2, 0) is 0 Å². The summed E-state index contributed by atoms with van der Waals surface area (Å²) in [6, 6.07) is 137. The van der Waals surface area contributed by atoms with E-state index >= 15 is 0 Å². The van der Waals surface area contributed by atoms with Crippen molar-refractivity contribution in [2.24, 2.45) is 0 Å². The van der Waals surface area contributed by atoms with Crippen LogP contribution in [0.15, 0.2) is 388 Å². The quantitative estimate of drug-likeness (QED) is 0.121. The van der Waals surface area contributed by atoms with E-state index in [9.17, 15) is 0 Å². The minimum atomic E-state index is 0.632. The van der Waals surface area contributed by atoms with Crippen LogP contribution in [0.2, 0.25) is 0 Å². The van der Waals surface area contributed by atoms with Crippen molar-refractivity contribution in [2.45, 2.75) is 0 Å². The molecular weight excluding hydrogens is 1400 g/mol. The maximum atomic E-state index is 5.07. The molecule has 0 unspecified atom stereocenters. The Balaban J connectivity index is 0.000000141. The lowest BCUT2D eigenvalue weighted by molar-refractivity contribution is 1.07. The van der Waals surface area contributed by atoms with Crippen LogP contribution in [0.3, 0.4) is 0 Å². The fourth-order valence-corrected chi connectivity index (χ4v) is 18.4. The lowest BCUT2D eigenvalue weighted by atomic mass is 9.99. The standard InChI is InChI=1S/2C51H32N4S/c1-4-13-33(14-5-1)37-25-29-45-43(31-37)44-32-38(40-20-12-21-42-41-19-10-11-22-47(41)56-48(40)42)26-30-46(44)55(45)39-27-23-36(24-28-39)51-53-49(34-15-6-2-7-16-34)52-50(54-51)35-17-8-3-9-18-35;1-3-13-33(14-4-1)36-17-11-18-38(31-36)51-53-49(34-15-5-2-6-16-34)52-50(54-51)35-25-28-39(29-26-35)55-45-23-9-7-19-41(45)44-32-37(27-30-46(44)55)40-21-12-22-43-42-20-8-10-24-47(42)56-48(40)43/h2*1-32H. The van der Waals surface area contributed by atoms with E-state index in [4.69, 9.17) is 29.9 Å². The van der Waals surface area contributed by atoms with Crippen LogP contribution in [0, 0.1) is 0 Å². The minimum Gasteiger partial charge on any atom is -0.309 e. The predicted molar refractivity (Wildman–Crippen MR) is 468 cm³/mol. The zero-order valence-electron chi connectivity index (χ0n) is 60.3. The van der Waals surface area contributed by atoms with Gasteiger partial charge in [0.15, 0.2) is 34.9 Å². The molecule has 0 atom stereocenters. The Labute approximate surface area is 653 Å². The second-order valence-electron chi connectivity index (χ2n) is 28.1. The molecule has 524 valence electrons. The zero-order valence-corrected chi connectivity index (χ0v) is 62.0. The summed E-state index contributed by atoms with van der Waals surface area (Å²) in [7, 11) is 0. The van der Waals surface area contributed by atoms with Crippen LogP contribution in [0.5, 0.6) is 0 Å². The Bertz CT molecular complexity index is 7280. The van der Waals surface area contributed by atoms with Crippen LogP contribution >= 0.6 is 22.7 Å². The smallest absolute Gasteiger partial charge is 0.164 e. The number of hydrogen-bond acceptors (Lipinski definition) is 8. The Morgan fingerprint density at radius 2 is 0.446 bits per heavy atom. The fourth-order valence-electron chi connectivity index (χ4n) is 15.9. The van der Waals surface area contributed by atoms with Crippen LogP contribution in [0.4, 0.5) is 0 Å². The lowest BCUT2D eigenvalue weighted by Crippen LogP contribution is -2.00. The number of aromatic nitrogens is 8. The number of benzene rings is 16. The summed E-state index contributed by atoms with van der Waals surface area (Å²) in [6.45, 7) is 0. The van der Waals surface area contributed by atoms with Crippen LogP contribution < -0.4 is 0 Å². The number of para-hydroxylation sites is 1. The highest BCUT2D eigenvalue weighted by molar-refractivity contribution is 7.26. The summed E-state index contributed by atoms with van der Waals surface area (Å²) >= 11 is 3.75. The average Bonchev–Trinajstić information content (AvgIpc) is 1.59. The van der Waals surface area contributed by atoms with Gasteiger partial charge in [-0.2, -0.15) is 0 Å². The van der Waals surface area contributed by atoms with Gasteiger partial charge in [0, 0.05) is 107 Å². The first-order valence-corrected chi connectivity index (χ1v) is 39.2. The summed E-state index contributed by atoms with van der Waals surface area (Å²) < 4.78 is 10.0. The van der Waals surface area contributed by atoms with E-state index in [1.807, 2.05) is 120 Å². The molecule has 8 nitrogen and oxygen atoms in total. The molecule has 0 saturated carbocycles. The molecule has 0 aliphatic heterocycles. The topological polar surface area (TPSA) is 87.2 Å². The Morgan fingerprint density at radius 1 is 0.170 bits per heavy atom. The van der Waals surface area contributed by atoms with Gasteiger partial charge < -0.3 is 9.13 Å².